The van der Waals surface area contributed by atoms with Crippen LogP contribution in [0.15, 0.2) is 164 Å². The Morgan fingerprint density at radius 1 is 0.413 bits per heavy atom. The number of nitrogens with zero attached hydrogens (tertiary/aromatic N) is 2. The first-order chi connectivity index (χ1) is 24.5. The topological polar surface area (TPSA) is 25.8 Å². The van der Waals surface area contributed by atoms with E-state index in [2.05, 4.69) is 105 Å². The predicted molar refractivity (Wildman–Crippen MR) is 198 cm³/mol. The molecule has 0 aliphatic rings. The lowest BCUT2D eigenvalue weighted by Crippen LogP contribution is -2.37. The highest BCUT2D eigenvalue weighted by Crippen LogP contribution is 2.33. The Morgan fingerprint density at radius 2 is 0.870 bits per heavy atom. The summed E-state index contributed by atoms with van der Waals surface area (Å²) in [7, 11) is -1.38. The molecular weight excluding hydrogens is 573 g/mol. The van der Waals surface area contributed by atoms with Crippen LogP contribution in [-0.4, -0.2) is 18.0 Å². The molecule has 0 spiro atoms. The van der Waals surface area contributed by atoms with Gasteiger partial charge in [-0.05, 0) is 57.6 Å². The van der Waals surface area contributed by atoms with Crippen LogP contribution < -0.4 is 5.19 Å². The standard InChI is InChI=1S/C43H36N2Si/c1-46(2,3)40-25-23-31(24-26-40)34-17-10-18-35(27-34)36-19-11-20-37(28-36)38-21-12-22-39(29-38)42-30-41(32-13-6-4-7-14-32)44-43(45-42)33-15-8-5-9-16-33/h4-30H,1-3H3/i4D,6D,7D,13D,14D. The Balaban J connectivity index is 1.28. The minimum Gasteiger partial charge on any atom is -0.228 e. The van der Waals surface area contributed by atoms with Crippen LogP contribution in [0.3, 0.4) is 0 Å². The van der Waals surface area contributed by atoms with Crippen molar-refractivity contribution in [2.24, 2.45) is 0 Å². The molecule has 0 amide bonds. The Hall–Kier alpha value is -5.38. The fourth-order valence-electron chi connectivity index (χ4n) is 5.59. The van der Waals surface area contributed by atoms with Gasteiger partial charge < -0.3 is 0 Å². The highest BCUT2D eigenvalue weighted by molar-refractivity contribution is 6.88. The molecule has 6 aromatic carbocycles. The lowest BCUT2D eigenvalue weighted by atomic mass is 9.95. The molecule has 0 fully saturated rings. The summed E-state index contributed by atoms with van der Waals surface area (Å²) in [4.78, 5) is 9.64. The maximum atomic E-state index is 8.62. The largest absolute Gasteiger partial charge is 0.228 e. The molecule has 7 aromatic rings. The second-order valence-corrected chi connectivity index (χ2v) is 17.5. The number of hydrogen-bond acceptors (Lipinski definition) is 2. The average molecular weight is 614 g/mol. The second-order valence-electron chi connectivity index (χ2n) is 12.4. The maximum absolute atomic E-state index is 8.62. The smallest absolute Gasteiger partial charge is 0.160 e. The molecule has 0 N–H and O–H groups in total. The van der Waals surface area contributed by atoms with E-state index in [0.29, 0.717) is 11.5 Å². The SMILES string of the molecule is [2H]c1c([2H])c([2H])c(-c2cc(-c3cccc(-c4cccc(-c5cccc(-c6ccc([Si](C)(C)C)cc6)c5)c4)c3)nc(-c3ccccc3)n2)c([2H])c1[2H]. The zero-order valence-electron chi connectivity index (χ0n) is 31.1. The van der Waals surface area contributed by atoms with Gasteiger partial charge in [0.15, 0.2) is 5.82 Å². The molecule has 1 aromatic heterocycles. The Labute approximate surface area is 280 Å². The highest BCUT2D eigenvalue weighted by Gasteiger charge is 2.16. The third-order valence-corrected chi connectivity index (χ3v) is 10.2. The van der Waals surface area contributed by atoms with Crippen molar-refractivity contribution in [3.63, 3.8) is 0 Å². The van der Waals surface area contributed by atoms with Crippen LogP contribution in [0.4, 0.5) is 0 Å². The lowest BCUT2D eigenvalue weighted by molar-refractivity contribution is 1.18. The molecule has 46 heavy (non-hydrogen) atoms. The van der Waals surface area contributed by atoms with Crippen molar-refractivity contribution in [1.82, 2.24) is 9.97 Å². The van der Waals surface area contributed by atoms with E-state index in [0.717, 1.165) is 33.4 Å². The van der Waals surface area contributed by atoms with Crippen molar-refractivity contribution in [2.75, 3.05) is 0 Å². The molecule has 0 saturated carbocycles. The molecular formula is C43H36N2Si. The summed E-state index contributed by atoms with van der Waals surface area (Å²) in [5, 5.41) is 1.45. The number of rotatable bonds is 7. The first-order valence-electron chi connectivity index (χ1n) is 17.9. The van der Waals surface area contributed by atoms with Gasteiger partial charge in [-0.2, -0.15) is 0 Å². The molecule has 0 aliphatic carbocycles. The summed E-state index contributed by atoms with van der Waals surface area (Å²) in [5.74, 6) is 0.400. The molecule has 0 saturated heterocycles. The van der Waals surface area contributed by atoms with E-state index in [1.807, 2.05) is 42.5 Å². The van der Waals surface area contributed by atoms with Crippen LogP contribution in [0, 0.1) is 0 Å². The van der Waals surface area contributed by atoms with Crippen LogP contribution in [0.5, 0.6) is 0 Å². The molecule has 0 bridgehead atoms. The predicted octanol–water partition coefficient (Wildman–Crippen LogP) is 11.0. The van der Waals surface area contributed by atoms with Crippen molar-refractivity contribution in [1.29, 1.82) is 0 Å². The summed E-state index contributed by atoms with van der Waals surface area (Å²) >= 11 is 0. The van der Waals surface area contributed by atoms with E-state index >= 15 is 0 Å². The minimum absolute atomic E-state index is 0.0416. The fraction of sp³-hybridized carbons (Fsp3) is 0.0698. The van der Waals surface area contributed by atoms with E-state index < -0.39 is 26.2 Å². The van der Waals surface area contributed by atoms with Crippen LogP contribution in [-0.2, 0) is 0 Å². The third kappa shape index (κ3) is 6.37. The minimum atomic E-state index is -1.38. The molecule has 2 nitrogen and oxygen atoms in total. The number of benzene rings is 6. The highest BCUT2D eigenvalue weighted by atomic mass is 28.3. The van der Waals surface area contributed by atoms with Crippen LogP contribution in [0.2, 0.25) is 19.6 Å². The summed E-state index contributed by atoms with van der Waals surface area (Å²) in [6.07, 6.45) is 0. The molecule has 0 atom stereocenters. The van der Waals surface area contributed by atoms with Crippen molar-refractivity contribution in [2.45, 2.75) is 19.6 Å². The van der Waals surface area contributed by atoms with E-state index in [1.165, 1.54) is 16.3 Å². The molecule has 0 radical (unpaired) electrons. The first-order valence-corrected chi connectivity index (χ1v) is 18.9. The molecule has 3 heteroatoms. The van der Waals surface area contributed by atoms with Gasteiger partial charge in [0, 0.05) is 16.7 Å². The van der Waals surface area contributed by atoms with Gasteiger partial charge in [-0.1, -0.05) is 164 Å². The summed E-state index contributed by atoms with van der Waals surface area (Å²) in [5.41, 5.74) is 9.11. The van der Waals surface area contributed by atoms with Crippen molar-refractivity contribution >= 4 is 13.3 Å². The Morgan fingerprint density at radius 3 is 1.41 bits per heavy atom. The summed E-state index contributed by atoms with van der Waals surface area (Å²) in [6, 6.07) is 43.6. The van der Waals surface area contributed by atoms with Crippen LogP contribution in [0.25, 0.3) is 67.3 Å². The second kappa shape index (κ2) is 12.5. The van der Waals surface area contributed by atoms with Gasteiger partial charge in [0.1, 0.15) is 0 Å². The van der Waals surface area contributed by atoms with Crippen LogP contribution in [0.1, 0.15) is 6.85 Å². The Kier molecular flexibility index (Phi) is 6.53. The van der Waals surface area contributed by atoms with Gasteiger partial charge in [-0.25, -0.2) is 9.97 Å². The van der Waals surface area contributed by atoms with Gasteiger partial charge in [-0.3, -0.25) is 0 Å². The zero-order valence-corrected chi connectivity index (χ0v) is 27.1. The molecule has 1 heterocycles. The zero-order chi connectivity index (χ0) is 35.9. The summed E-state index contributed by atoms with van der Waals surface area (Å²) < 4.78 is 41.8. The lowest BCUT2D eigenvalue weighted by Gasteiger charge is -2.17. The van der Waals surface area contributed by atoms with Gasteiger partial charge in [0.25, 0.3) is 0 Å². The summed E-state index contributed by atoms with van der Waals surface area (Å²) in [6.45, 7) is 7.09. The van der Waals surface area contributed by atoms with Gasteiger partial charge in [0.2, 0.25) is 0 Å². The van der Waals surface area contributed by atoms with Crippen molar-refractivity contribution in [3.05, 3.63) is 164 Å². The van der Waals surface area contributed by atoms with Gasteiger partial charge >= 0.3 is 0 Å². The third-order valence-electron chi connectivity index (χ3n) is 8.15. The molecule has 0 unspecified atom stereocenters. The first kappa shape index (κ1) is 23.9. The van der Waals surface area contributed by atoms with Gasteiger partial charge in [-0.15, -0.1) is 0 Å². The fourth-order valence-corrected chi connectivity index (χ4v) is 6.76. The van der Waals surface area contributed by atoms with Gasteiger partial charge in [0.05, 0.1) is 26.3 Å². The quantitative estimate of drug-likeness (QED) is 0.167. The van der Waals surface area contributed by atoms with E-state index in [9.17, 15) is 0 Å². The molecule has 222 valence electrons. The number of aromatic nitrogens is 2. The van der Waals surface area contributed by atoms with Crippen molar-refractivity contribution < 1.29 is 6.85 Å². The normalized spacial score (nSPS) is 12.9. The maximum Gasteiger partial charge on any atom is 0.160 e. The van der Waals surface area contributed by atoms with E-state index in [-0.39, 0.29) is 23.3 Å². The molecule has 7 rings (SSSR count). The average Bonchev–Trinajstić information content (AvgIpc) is 3.16. The van der Waals surface area contributed by atoms with Crippen LogP contribution >= 0.6 is 0 Å². The van der Waals surface area contributed by atoms with Crippen molar-refractivity contribution in [3.8, 4) is 67.3 Å². The number of hydrogen-bond donors (Lipinski definition) is 0. The molecule has 0 aliphatic heterocycles. The monoisotopic (exact) mass is 613 g/mol. The Bertz CT molecular complexity index is 2380. The van der Waals surface area contributed by atoms with E-state index in [4.69, 9.17) is 16.8 Å². The van der Waals surface area contributed by atoms with E-state index in [1.54, 1.807) is 6.07 Å².